The monoisotopic (exact) mass is 133 g/mol. The van der Waals surface area contributed by atoms with E-state index in [0.29, 0.717) is 0 Å². The van der Waals surface area contributed by atoms with Crippen molar-refractivity contribution >= 4 is 6.03 Å². The highest BCUT2D eigenvalue weighted by atomic mass is 16.4. The third-order valence-electron chi connectivity index (χ3n) is 0.912. The van der Waals surface area contributed by atoms with E-state index in [2.05, 4.69) is 10.9 Å². The summed E-state index contributed by atoms with van der Waals surface area (Å²) in [6, 6.07) is -0.562. The molecule has 6 nitrogen and oxygen atoms in total. The van der Waals surface area contributed by atoms with Crippen LogP contribution in [0.4, 0.5) is 4.79 Å². The maximum atomic E-state index is 10.3. The van der Waals surface area contributed by atoms with Crippen LogP contribution in [0.1, 0.15) is 0 Å². The number of hydrogen-bond acceptors (Lipinski definition) is 4. The lowest BCUT2D eigenvalue weighted by Gasteiger charge is -2.25. The number of rotatable bonds is 0. The molecule has 9 heavy (non-hydrogen) atoms. The number of aliphatic hydroxyl groups is 2. The number of hydrazine groups is 1. The topological polar surface area (TPSA) is 93.6 Å². The minimum Gasteiger partial charge on any atom is -0.372 e. The number of carbonyl (C=O) groups excluding carboxylic acids is 1. The fourth-order valence-corrected chi connectivity index (χ4v) is 0.468. The summed E-state index contributed by atoms with van der Waals surface area (Å²) in [4.78, 5) is 10.3. The van der Waals surface area contributed by atoms with Gasteiger partial charge in [0.15, 0.2) is 12.5 Å². The molecule has 0 radical (unpaired) electrons. The molecule has 0 aromatic carbocycles. The predicted molar refractivity (Wildman–Crippen MR) is 26.8 cm³/mol. The Balaban J connectivity index is 2.44. The van der Waals surface area contributed by atoms with Crippen LogP contribution < -0.4 is 16.2 Å². The van der Waals surface area contributed by atoms with Gasteiger partial charge in [-0.3, -0.25) is 5.43 Å². The quantitative estimate of drug-likeness (QED) is 0.251. The molecule has 0 aliphatic carbocycles. The Labute approximate surface area is 50.8 Å². The first-order valence-electron chi connectivity index (χ1n) is 2.38. The summed E-state index contributed by atoms with van der Waals surface area (Å²) in [6.07, 6.45) is -2.39. The van der Waals surface area contributed by atoms with Crippen LogP contribution in [0.2, 0.25) is 0 Å². The van der Waals surface area contributed by atoms with Gasteiger partial charge in [0.25, 0.3) is 0 Å². The molecule has 0 saturated carbocycles. The van der Waals surface area contributed by atoms with Gasteiger partial charge in [-0.25, -0.2) is 10.2 Å². The van der Waals surface area contributed by atoms with E-state index in [1.54, 1.807) is 0 Å². The molecule has 2 atom stereocenters. The summed E-state index contributed by atoms with van der Waals surface area (Å²) >= 11 is 0. The lowest BCUT2D eigenvalue weighted by Crippen LogP contribution is -2.64. The van der Waals surface area contributed by atoms with Gasteiger partial charge in [-0.1, -0.05) is 0 Å². The molecular formula is C3H7N3O3. The summed E-state index contributed by atoms with van der Waals surface area (Å²) in [5.74, 6) is 0. The van der Waals surface area contributed by atoms with Crippen LogP contribution in [0, 0.1) is 0 Å². The van der Waals surface area contributed by atoms with Gasteiger partial charge < -0.3 is 15.5 Å². The zero-order valence-corrected chi connectivity index (χ0v) is 4.46. The van der Waals surface area contributed by atoms with Crippen molar-refractivity contribution in [1.29, 1.82) is 0 Å². The van der Waals surface area contributed by atoms with Crippen molar-refractivity contribution in [3.05, 3.63) is 0 Å². The molecule has 0 bridgehead atoms. The summed E-state index contributed by atoms with van der Waals surface area (Å²) in [5, 5.41) is 19.3. The van der Waals surface area contributed by atoms with Gasteiger partial charge in [0.05, 0.1) is 0 Å². The number of hydrogen-bond donors (Lipinski definition) is 5. The molecule has 0 aromatic rings. The van der Waals surface area contributed by atoms with Crippen LogP contribution in [0.15, 0.2) is 0 Å². The van der Waals surface area contributed by atoms with E-state index in [-0.39, 0.29) is 0 Å². The van der Waals surface area contributed by atoms with Gasteiger partial charge in [0, 0.05) is 0 Å². The number of aliphatic hydroxyl groups excluding tert-OH is 2. The lowest BCUT2D eigenvalue weighted by atomic mass is 10.5. The molecule has 52 valence electrons. The highest BCUT2D eigenvalue weighted by molar-refractivity contribution is 5.74. The van der Waals surface area contributed by atoms with Crippen molar-refractivity contribution in [2.24, 2.45) is 0 Å². The van der Waals surface area contributed by atoms with E-state index >= 15 is 0 Å². The molecule has 1 aliphatic rings. The number of nitrogens with one attached hydrogen (secondary N) is 3. The maximum Gasteiger partial charge on any atom is 0.331 e. The van der Waals surface area contributed by atoms with Crippen LogP contribution >= 0.6 is 0 Å². The third-order valence-corrected chi connectivity index (χ3v) is 0.912. The number of urea groups is 1. The van der Waals surface area contributed by atoms with E-state index in [0.717, 1.165) is 0 Å². The molecule has 1 aliphatic heterocycles. The molecule has 5 N–H and O–H groups in total. The van der Waals surface area contributed by atoms with Crippen molar-refractivity contribution in [3.63, 3.8) is 0 Å². The van der Waals surface area contributed by atoms with Crippen molar-refractivity contribution in [2.75, 3.05) is 0 Å². The molecule has 1 saturated heterocycles. The Bertz CT molecular complexity index is 127. The molecule has 1 fully saturated rings. The molecule has 0 aromatic heterocycles. The second-order valence-electron chi connectivity index (χ2n) is 1.63. The second-order valence-corrected chi connectivity index (χ2v) is 1.63. The van der Waals surface area contributed by atoms with Crippen LogP contribution in [-0.4, -0.2) is 28.7 Å². The highest BCUT2D eigenvalue weighted by Crippen LogP contribution is 1.86. The first kappa shape index (κ1) is 6.27. The van der Waals surface area contributed by atoms with E-state index in [1.807, 2.05) is 5.32 Å². The fourth-order valence-electron chi connectivity index (χ4n) is 0.468. The summed E-state index contributed by atoms with van der Waals surface area (Å²) in [6.45, 7) is 0. The minimum absolute atomic E-state index is 0.562. The smallest absolute Gasteiger partial charge is 0.331 e. The van der Waals surface area contributed by atoms with E-state index in [1.165, 1.54) is 0 Å². The molecule has 2 unspecified atom stereocenters. The zero-order valence-electron chi connectivity index (χ0n) is 4.46. The predicted octanol–water partition coefficient (Wildman–Crippen LogP) is -2.56. The van der Waals surface area contributed by atoms with Gasteiger partial charge in [-0.2, -0.15) is 0 Å². The van der Waals surface area contributed by atoms with Gasteiger partial charge in [0.1, 0.15) is 0 Å². The van der Waals surface area contributed by atoms with Crippen molar-refractivity contribution < 1.29 is 15.0 Å². The lowest BCUT2D eigenvalue weighted by molar-refractivity contribution is -0.0340. The summed E-state index contributed by atoms with van der Waals surface area (Å²) in [5.41, 5.74) is 4.18. The van der Waals surface area contributed by atoms with Crippen LogP contribution in [-0.2, 0) is 0 Å². The molecule has 1 heterocycles. The van der Waals surface area contributed by atoms with E-state index in [9.17, 15) is 4.79 Å². The Kier molecular flexibility index (Phi) is 1.52. The van der Waals surface area contributed by atoms with Gasteiger partial charge >= 0.3 is 6.03 Å². The SMILES string of the molecule is O=C1NNC(O)C(O)N1. The molecule has 1 rings (SSSR count). The van der Waals surface area contributed by atoms with E-state index < -0.39 is 18.5 Å². The summed E-state index contributed by atoms with van der Waals surface area (Å²) in [7, 11) is 0. The maximum absolute atomic E-state index is 10.3. The first-order chi connectivity index (χ1) is 4.20. The zero-order chi connectivity index (χ0) is 6.85. The van der Waals surface area contributed by atoms with Crippen molar-refractivity contribution in [2.45, 2.75) is 12.5 Å². The van der Waals surface area contributed by atoms with Crippen LogP contribution in [0.5, 0.6) is 0 Å². The van der Waals surface area contributed by atoms with Crippen molar-refractivity contribution in [3.8, 4) is 0 Å². The number of amides is 2. The second kappa shape index (κ2) is 2.18. The van der Waals surface area contributed by atoms with Gasteiger partial charge in [0.2, 0.25) is 0 Å². The first-order valence-corrected chi connectivity index (χ1v) is 2.38. The minimum atomic E-state index is -1.24. The van der Waals surface area contributed by atoms with Gasteiger partial charge in [-0.05, 0) is 0 Å². The Hall–Kier alpha value is -0.850. The molecular weight excluding hydrogens is 126 g/mol. The van der Waals surface area contributed by atoms with E-state index in [4.69, 9.17) is 10.2 Å². The fraction of sp³-hybridized carbons (Fsp3) is 0.667. The Morgan fingerprint density at radius 1 is 1.33 bits per heavy atom. The van der Waals surface area contributed by atoms with Gasteiger partial charge in [-0.15, -0.1) is 0 Å². The highest BCUT2D eigenvalue weighted by Gasteiger charge is 2.22. The van der Waals surface area contributed by atoms with Crippen molar-refractivity contribution in [1.82, 2.24) is 16.2 Å². The Morgan fingerprint density at radius 2 is 2.00 bits per heavy atom. The average Bonchev–Trinajstić information content (AvgIpc) is 1.80. The largest absolute Gasteiger partial charge is 0.372 e. The molecule has 2 amide bonds. The van der Waals surface area contributed by atoms with Crippen LogP contribution in [0.25, 0.3) is 0 Å². The summed E-state index contributed by atoms with van der Waals surface area (Å²) < 4.78 is 0. The molecule has 0 spiro atoms. The Morgan fingerprint density at radius 3 is 2.44 bits per heavy atom. The van der Waals surface area contributed by atoms with Crippen LogP contribution in [0.3, 0.4) is 0 Å². The average molecular weight is 133 g/mol. The standard InChI is InChI=1S/C3H7N3O3/c7-1-2(8)5-6-3(9)4-1/h1-2,5,7-8H,(H2,4,6,9). The molecule has 6 heteroatoms. The normalized spacial score (nSPS) is 35.1. The third kappa shape index (κ3) is 1.28. The number of carbonyl (C=O) groups is 1.